The molecular formula is C17H23FN2O2S. The van der Waals surface area contributed by atoms with Crippen LogP contribution < -0.4 is 5.32 Å². The zero-order valence-corrected chi connectivity index (χ0v) is 14.4. The monoisotopic (exact) mass is 338 g/mol. The van der Waals surface area contributed by atoms with Gasteiger partial charge in [0.1, 0.15) is 11.9 Å². The first-order chi connectivity index (χ1) is 11.0. The molecule has 1 aliphatic heterocycles. The van der Waals surface area contributed by atoms with Crippen LogP contribution in [0.2, 0.25) is 0 Å². The summed E-state index contributed by atoms with van der Waals surface area (Å²) in [5.41, 5.74) is 0.516. The lowest BCUT2D eigenvalue weighted by atomic mass is 9.99. The van der Waals surface area contributed by atoms with Gasteiger partial charge in [0, 0.05) is 30.5 Å². The molecule has 23 heavy (non-hydrogen) atoms. The van der Waals surface area contributed by atoms with Crippen molar-refractivity contribution in [3.63, 3.8) is 0 Å². The predicted molar refractivity (Wildman–Crippen MR) is 90.8 cm³/mol. The van der Waals surface area contributed by atoms with Gasteiger partial charge in [0.2, 0.25) is 11.8 Å². The Morgan fingerprint density at radius 1 is 1.26 bits per heavy atom. The van der Waals surface area contributed by atoms with Gasteiger partial charge in [-0.1, -0.05) is 25.1 Å². The third-order valence-electron chi connectivity index (χ3n) is 3.98. The van der Waals surface area contributed by atoms with E-state index in [1.807, 2.05) is 11.8 Å². The molecule has 1 heterocycles. The van der Waals surface area contributed by atoms with Crippen LogP contribution in [0.4, 0.5) is 4.39 Å². The van der Waals surface area contributed by atoms with Gasteiger partial charge in [0.25, 0.3) is 0 Å². The van der Waals surface area contributed by atoms with E-state index in [0.29, 0.717) is 12.0 Å². The third-order valence-corrected chi connectivity index (χ3v) is 4.93. The maximum atomic E-state index is 13.7. The summed E-state index contributed by atoms with van der Waals surface area (Å²) in [6.45, 7) is 4.91. The molecular weight excluding hydrogens is 315 g/mol. The Morgan fingerprint density at radius 2 is 1.91 bits per heavy atom. The summed E-state index contributed by atoms with van der Waals surface area (Å²) in [7, 11) is 0. The number of hydrogen-bond donors (Lipinski definition) is 1. The quantitative estimate of drug-likeness (QED) is 0.894. The highest BCUT2D eigenvalue weighted by Crippen LogP contribution is 2.14. The first-order valence-electron chi connectivity index (χ1n) is 7.89. The average molecular weight is 338 g/mol. The van der Waals surface area contributed by atoms with Crippen molar-refractivity contribution in [2.24, 2.45) is 5.92 Å². The van der Waals surface area contributed by atoms with Crippen LogP contribution in [0.1, 0.15) is 19.4 Å². The van der Waals surface area contributed by atoms with Crippen LogP contribution in [0.3, 0.4) is 0 Å². The summed E-state index contributed by atoms with van der Waals surface area (Å²) in [6, 6.07) is 5.90. The van der Waals surface area contributed by atoms with E-state index in [9.17, 15) is 14.0 Å². The SMILES string of the molecule is C[C@H](Cc1ccccc1F)C(=O)N[C@H](C)C(=O)N1CCSCC1. The van der Waals surface area contributed by atoms with Gasteiger partial charge in [-0.2, -0.15) is 11.8 Å². The first-order valence-corrected chi connectivity index (χ1v) is 9.05. The largest absolute Gasteiger partial charge is 0.344 e. The summed E-state index contributed by atoms with van der Waals surface area (Å²) in [5.74, 6) is 0.921. The summed E-state index contributed by atoms with van der Waals surface area (Å²) in [6.07, 6.45) is 0.319. The standard InChI is InChI=1S/C17H23FN2O2S/c1-12(11-14-5-3-4-6-15(14)18)16(21)19-13(2)17(22)20-7-9-23-10-8-20/h3-6,12-13H,7-11H2,1-2H3,(H,19,21)/t12-,13-/m1/s1. The summed E-state index contributed by atoms with van der Waals surface area (Å²) < 4.78 is 13.7. The Balaban J connectivity index is 1.87. The highest BCUT2D eigenvalue weighted by molar-refractivity contribution is 7.99. The average Bonchev–Trinajstić information content (AvgIpc) is 2.56. The molecule has 0 aliphatic carbocycles. The second kappa shape index (κ2) is 8.34. The topological polar surface area (TPSA) is 49.4 Å². The van der Waals surface area contributed by atoms with Crippen LogP contribution in [0.5, 0.6) is 0 Å². The predicted octanol–water partition coefficient (Wildman–Crippen LogP) is 2.08. The fraction of sp³-hybridized carbons (Fsp3) is 0.529. The Morgan fingerprint density at radius 3 is 2.57 bits per heavy atom. The molecule has 0 radical (unpaired) electrons. The van der Waals surface area contributed by atoms with Gasteiger partial charge in [0.05, 0.1) is 0 Å². The van der Waals surface area contributed by atoms with Crippen molar-refractivity contribution in [1.82, 2.24) is 10.2 Å². The molecule has 0 spiro atoms. The van der Waals surface area contributed by atoms with Gasteiger partial charge < -0.3 is 10.2 Å². The van der Waals surface area contributed by atoms with Crippen LogP contribution in [-0.2, 0) is 16.0 Å². The number of carbonyl (C=O) groups is 2. The van der Waals surface area contributed by atoms with Gasteiger partial charge in [-0.15, -0.1) is 0 Å². The molecule has 2 rings (SSSR count). The van der Waals surface area contributed by atoms with Crippen molar-refractivity contribution < 1.29 is 14.0 Å². The van der Waals surface area contributed by atoms with E-state index >= 15 is 0 Å². The number of thioether (sulfide) groups is 1. The molecule has 1 aromatic rings. The van der Waals surface area contributed by atoms with Crippen LogP contribution in [0.25, 0.3) is 0 Å². The number of benzene rings is 1. The minimum atomic E-state index is -0.548. The number of nitrogens with one attached hydrogen (secondary N) is 1. The first kappa shape index (κ1) is 17.8. The van der Waals surface area contributed by atoms with Gasteiger partial charge >= 0.3 is 0 Å². The highest BCUT2D eigenvalue weighted by Gasteiger charge is 2.25. The fourth-order valence-electron chi connectivity index (χ4n) is 2.56. The van der Waals surface area contributed by atoms with Crippen molar-refractivity contribution in [3.05, 3.63) is 35.6 Å². The lowest BCUT2D eigenvalue weighted by Crippen LogP contribution is -2.50. The normalized spacial score (nSPS) is 17.4. The number of hydrogen-bond acceptors (Lipinski definition) is 3. The van der Waals surface area contributed by atoms with Crippen LogP contribution in [-0.4, -0.2) is 47.4 Å². The van der Waals surface area contributed by atoms with E-state index in [-0.39, 0.29) is 23.5 Å². The third kappa shape index (κ3) is 4.96. The fourth-order valence-corrected chi connectivity index (χ4v) is 3.46. The molecule has 6 heteroatoms. The second-order valence-corrected chi connectivity index (χ2v) is 7.09. The van der Waals surface area contributed by atoms with Gasteiger partial charge in [0.15, 0.2) is 0 Å². The zero-order valence-electron chi connectivity index (χ0n) is 13.5. The number of rotatable bonds is 5. The number of carbonyl (C=O) groups excluding carboxylic acids is 2. The molecule has 2 amide bonds. The summed E-state index contributed by atoms with van der Waals surface area (Å²) in [4.78, 5) is 26.4. The maximum absolute atomic E-state index is 13.7. The number of amides is 2. The lowest BCUT2D eigenvalue weighted by molar-refractivity contribution is -0.136. The lowest BCUT2D eigenvalue weighted by Gasteiger charge is -2.29. The highest BCUT2D eigenvalue weighted by atomic mass is 32.2. The van der Waals surface area contributed by atoms with E-state index < -0.39 is 6.04 Å². The molecule has 126 valence electrons. The van der Waals surface area contributed by atoms with Gasteiger partial charge in [-0.05, 0) is 25.0 Å². The molecule has 0 bridgehead atoms. The van der Waals surface area contributed by atoms with E-state index in [0.717, 1.165) is 24.6 Å². The minimum absolute atomic E-state index is 0.0447. The number of halogens is 1. The van der Waals surface area contributed by atoms with Crippen LogP contribution >= 0.6 is 11.8 Å². The van der Waals surface area contributed by atoms with E-state index in [1.165, 1.54) is 6.07 Å². The molecule has 0 unspecified atom stereocenters. The Bertz CT molecular complexity index is 561. The van der Waals surface area contributed by atoms with Gasteiger partial charge in [-0.25, -0.2) is 4.39 Å². The van der Waals surface area contributed by atoms with E-state index in [1.54, 1.807) is 36.9 Å². The Labute approximate surface area is 140 Å². The summed E-state index contributed by atoms with van der Waals surface area (Å²) >= 11 is 1.83. The molecule has 1 N–H and O–H groups in total. The van der Waals surface area contributed by atoms with E-state index in [4.69, 9.17) is 0 Å². The molecule has 1 aliphatic rings. The minimum Gasteiger partial charge on any atom is -0.344 e. The van der Waals surface area contributed by atoms with Crippen molar-refractivity contribution in [3.8, 4) is 0 Å². The van der Waals surface area contributed by atoms with Gasteiger partial charge in [-0.3, -0.25) is 9.59 Å². The molecule has 0 saturated carbocycles. The molecule has 1 aromatic carbocycles. The molecule has 0 aromatic heterocycles. The smallest absolute Gasteiger partial charge is 0.244 e. The van der Waals surface area contributed by atoms with Crippen LogP contribution in [0.15, 0.2) is 24.3 Å². The molecule has 1 saturated heterocycles. The Hall–Kier alpha value is -1.56. The molecule has 4 nitrogen and oxygen atoms in total. The molecule has 1 fully saturated rings. The van der Waals surface area contributed by atoms with Crippen molar-refractivity contribution >= 4 is 23.6 Å². The maximum Gasteiger partial charge on any atom is 0.244 e. The second-order valence-electron chi connectivity index (χ2n) is 5.86. The van der Waals surface area contributed by atoms with E-state index in [2.05, 4.69) is 5.32 Å². The van der Waals surface area contributed by atoms with Crippen molar-refractivity contribution in [2.45, 2.75) is 26.3 Å². The van der Waals surface area contributed by atoms with Crippen molar-refractivity contribution in [1.29, 1.82) is 0 Å². The van der Waals surface area contributed by atoms with Crippen molar-refractivity contribution in [2.75, 3.05) is 24.6 Å². The zero-order chi connectivity index (χ0) is 16.8. The van der Waals surface area contributed by atoms with Crippen LogP contribution in [0, 0.1) is 11.7 Å². The number of nitrogens with zero attached hydrogens (tertiary/aromatic N) is 1. The molecule has 2 atom stereocenters. The Kier molecular flexibility index (Phi) is 6.45. The summed E-state index contributed by atoms with van der Waals surface area (Å²) in [5, 5.41) is 2.76.